The van der Waals surface area contributed by atoms with E-state index in [2.05, 4.69) is 24.4 Å². The number of carbonyl (C=O) groups is 1. The van der Waals surface area contributed by atoms with Crippen LogP contribution in [0.15, 0.2) is 47.6 Å². The molecule has 0 aliphatic heterocycles. The Kier molecular flexibility index (Phi) is 7.00. The number of benzene rings is 2. The molecule has 0 spiro atoms. The largest absolute Gasteiger partial charge is 0.490 e. The van der Waals surface area contributed by atoms with Crippen LogP contribution in [0.5, 0.6) is 11.5 Å². The van der Waals surface area contributed by atoms with E-state index >= 15 is 0 Å². The van der Waals surface area contributed by atoms with Crippen LogP contribution in [-0.2, 0) is 7.05 Å². The predicted molar refractivity (Wildman–Crippen MR) is 121 cm³/mol. The van der Waals surface area contributed by atoms with E-state index in [-0.39, 0.29) is 5.91 Å². The molecule has 6 nitrogen and oxygen atoms in total. The SMILES string of the molecule is CCOc1cc(/C=N/NC(=O)c2cc3ccccc3n2C)cc(Cl)c1OCC(C)C. The van der Waals surface area contributed by atoms with Gasteiger partial charge in [-0.1, -0.05) is 43.6 Å². The van der Waals surface area contributed by atoms with Crippen molar-refractivity contribution in [2.45, 2.75) is 20.8 Å². The van der Waals surface area contributed by atoms with E-state index in [0.717, 1.165) is 10.9 Å². The van der Waals surface area contributed by atoms with E-state index in [0.29, 0.717) is 46.9 Å². The van der Waals surface area contributed by atoms with Crippen LogP contribution in [0.3, 0.4) is 0 Å². The molecule has 0 saturated carbocycles. The molecule has 1 heterocycles. The van der Waals surface area contributed by atoms with Crippen LogP contribution in [0.4, 0.5) is 0 Å². The zero-order valence-corrected chi connectivity index (χ0v) is 18.4. The topological polar surface area (TPSA) is 64.8 Å². The van der Waals surface area contributed by atoms with Crippen LogP contribution in [0.2, 0.25) is 5.02 Å². The number of nitrogens with zero attached hydrogens (tertiary/aromatic N) is 2. The summed E-state index contributed by atoms with van der Waals surface area (Å²) in [5.41, 5.74) is 4.77. The zero-order valence-electron chi connectivity index (χ0n) is 17.6. The molecule has 0 fully saturated rings. The summed E-state index contributed by atoms with van der Waals surface area (Å²) in [5.74, 6) is 1.13. The van der Waals surface area contributed by atoms with E-state index in [1.807, 2.05) is 48.9 Å². The summed E-state index contributed by atoms with van der Waals surface area (Å²) in [6.07, 6.45) is 1.53. The maximum atomic E-state index is 12.5. The number of rotatable bonds is 8. The van der Waals surface area contributed by atoms with Gasteiger partial charge in [0.25, 0.3) is 5.91 Å². The smallest absolute Gasteiger partial charge is 0.287 e. The Hall–Kier alpha value is -2.99. The van der Waals surface area contributed by atoms with Crippen molar-refractivity contribution in [3.8, 4) is 11.5 Å². The van der Waals surface area contributed by atoms with Gasteiger partial charge in [0.2, 0.25) is 0 Å². The third kappa shape index (κ3) is 4.94. The summed E-state index contributed by atoms with van der Waals surface area (Å²) in [6, 6.07) is 13.2. The minimum absolute atomic E-state index is 0.294. The van der Waals surface area contributed by atoms with Crippen LogP contribution in [-0.4, -0.2) is 29.9 Å². The summed E-state index contributed by atoms with van der Waals surface area (Å²) in [7, 11) is 1.85. The maximum Gasteiger partial charge on any atom is 0.287 e. The number of hydrazone groups is 1. The number of ether oxygens (including phenoxy) is 2. The Morgan fingerprint density at radius 3 is 2.70 bits per heavy atom. The molecule has 2 aromatic carbocycles. The molecule has 30 heavy (non-hydrogen) atoms. The van der Waals surface area contributed by atoms with Gasteiger partial charge in [-0.25, -0.2) is 5.43 Å². The van der Waals surface area contributed by atoms with Crippen molar-refractivity contribution in [3.05, 3.63) is 58.7 Å². The Labute approximate surface area is 181 Å². The summed E-state index contributed by atoms with van der Waals surface area (Å²) in [4.78, 5) is 12.5. The number of hydrogen-bond donors (Lipinski definition) is 1. The van der Waals surface area contributed by atoms with Crippen molar-refractivity contribution in [3.63, 3.8) is 0 Å². The molecule has 1 amide bonds. The van der Waals surface area contributed by atoms with Gasteiger partial charge in [-0.2, -0.15) is 5.10 Å². The predicted octanol–water partition coefficient (Wildman–Crippen LogP) is 5.03. The molecule has 1 N–H and O–H groups in total. The standard InChI is InChI=1S/C23H26ClN3O3/c1-5-29-21-11-16(10-18(24)22(21)30-14-15(2)3)13-25-26-23(28)20-12-17-8-6-7-9-19(17)27(20)4/h6-13,15H,5,14H2,1-4H3,(H,26,28)/b25-13+. The molecule has 0 aliphatic rings. The lowest BCUT2D eigenvalue weighted by Crippen LogP contribution is -2.20. The number of para-hydroxylation sites is 1. The van der Waals surface area contributed by atoms with E-state index in [1.54, 1.807) is 12.1 Å². The van der Waals surface area contributed by atoms with Crippen LogP contribution >= 0.6 is 11.6 Å². The molecule has 0 bridgehead atoms. The van der Waals surface area contributed by atoms with Crippen molar-refractivity contribution in [1.82, 2.24) is 9.99 Å². The molecule has 0 aliphatic carbocycles. The Bertz CT molecular complexity index is 1070. The van der Waals surface area contributed by atoms with E-state index in [9.17, 15) is 4.79 Å². The molecule has 0 atom stereocenters. The van der Waals surface area contributed by atoms with E-state index in [4.69, 9.17) is 21.1 Å². The molecule has 3 rings (SSSR count). The second kappa shape index (κ2) is 9.67. The number of carbonyl (C=O) groups excluding carboxylic acids is 1. The van der Waals surface area contributed by atoms with Crippen molar-refractivity contribution in [2.75, 3.05) is 13.2 Å². The van der Waals surface area contributed by atoms with Crippen molar-refractivity contribution >= 4 is 34.6 Å². The molecular formula is C23H26ClN3O3. The van der Waals surface area contributed by atoms with Gasteiger partial charge < -0.3 is 14.0 Å². The van der Waals surface area contributed by atoms with Gasteiger partial charge in [-0.05, 0) is 42.7 Å². The number of halogens is 1. The van der Waals surface area contributed by atoms with Crippen LogP contribution < -0.4 is 14.9 Å². The summed E-state index contributed by atoms with van der Waals surface area (Å²) in [6.45, 7) is 7.04. The lowest BCUT2D eigenvalue weighted by molar-refractivity contribution is 0.0947. The summed E-state index contributed by atoms with van der Waals surface area (Å²) in [5, 5.41) is 5.52. The van der Waals surface area contributed by atoms with Gasteiger partial charge in [0.1, 0.15) is 5.69 Å². The Balaban J connectivity index is 1.76. The second-order valence-corrected chi connectivity index (χ2v) is 7.72. The van der Waals surface area contributed by atoms with E-state index in [1.165, 1.54) is 6.21 Å². The highest BCUT2D eigenvalue weighted by Gasteiger charge is 2.14. The third-order valence-corrected chi connectivity index (χ3v) is 4.74. The molecule has 0 saturated heterocycles. The average Bonchev–Trinajstić information content (AvgIpc) is 3.04. The highest BCUT2D eigenvalue weighted by Crippen LogP contribution is 2.36. The monoisotopic (exact) mass is 427 g/mol. The van der Waals surface area contributed by atoms with Crippen LogP contribution in [0, 0.1) is 5.92 Å². The summed E-state index contributed by atoms with van der Waals surface area (Å²) >= 11 is 6.40. The molecule has 7 heteroatoms. The minimum Gasteiger partial charge on any atom is -0.490 e. The van der Waals surface area contributed by atoms with Gasteiger partial charge in [-0.15, -0.1) is 0 Å². The highest BCUT2D eigenvalue weighted by molar-refractivity contribution is 6.32. The van der Waals surface area contributed by atoms with Crippen LogP contribution in [0.1, 0.15) is 36.8 Å². The zero-order chi connectivity index (χ0) is 21.7. The van der Waals surface area contributed by atoms with Gasteiger partial charge >= 0.3 is 0 Å². The number of nitrogens with one attached hydrogen (secondary N) is 1. The van der Waals surface area contributed by atoms with Gasteiger partial charge in [0, 0.05) is 18.0 Å². The average molecular weight is 428 g/mol. The first-order chi connectivity index (χ1) is 14.4. The minimum atomic E-state index is -0.294. The quantitative estimate of drug-likeness (QED) is 0.405. The van der Waals surface area contributed by atoms with Crippen molar-refractivity contribution < 1.29 is 14.3 Å². The Morgan fingerprint density at radius 2 is 2.00 bits per heavy atom. The highest BCUT2D eigenvalue weighted by atomic mass is 35.5. The second-order valence-electron chi connectivity index (χ2n) is 7.31. The third-order valence-electron chi connectivity index (χ3n) is 4.46. The lowest BCUT2D eigenvalue weighted by Gasteiger charge is -2.15. The first-order valence-electron chi connectivity index (χ1n) is 9.87. The fourth-order valence-corrected chi connectivity index (χ4v) is 3.32. The number of hydrogen-bond acceptors (Lipinski definition) is 4. The molecule has 0 unspecified atom stereocenters. The molecular weight excluding hydrogens is 402 g/mol. The van der Waals surface area contributed by atoms with Gasteiger partial charge in [0.05, 0.1) is 24.5 Å². The first-order valence-corrected chi connectivity index (χ1v) is 10.3. The number of fused-ring (bicyclic) bond motifs is 1. The number of aromatic nitrogens is 1. The molecule has 3 aromatic rings. The first kappa shape index (κ1) is 21.7. The van der Waals surface area contributed by atoms with Gasteiger partial charge in [-0.3, -0.25) is 4.79 Å². The lowest BCUT2D eigenvalue weighted by atomic mass is 10.2. The van der Waals surface area contributed by atoms with Crippen molar-refractivity contribution in [2.24, 2.45) is 18.1 Å². The fraction of sp³-hybridized carbons (Fsp3) is 0.304. The van der Waals surface area contributed by atoms with E-state index < -0.39 is 0 Å². The normalized spacial score (nSPS) is 11.4. The maximum absolute atomic E-state index is 12.5. The molecule has 158 valence electrons. The summed E-state index contributed by atoms with van der Waals surface area (Å²) < 4.78 is 13.3. The fourth-order valence-electron chi connectivity index (χ4n) is 3.04. The Morgan fingerprint density at radius 1 is 1.23 bits per heavy atom. The van der Waals surface area contributed by atoms with Crippen molar-refractivity contribution in [1.29, 1.82) is 0 Å². The van der Waals surface area contributed by atoms with Crippen LogP contribution in [0.25, 0.3) is 10.9 Å². The molecule has 1 aromatic heterocycles. The number of aryl methyl sites for hydroxylation is 1. The van der Waals surface area contributed by atoms with Gasteiger partial charge in [0.15, 0.2) is 11.5 Å². The molecule has 0 radical (unpaired) electrons. The number of amides is 1.